The number of thiophene rings is 1. The number of aromatic nitrogens is 3. The summed E-state index contributed by atoms with van der Waals surface area (Å²) in [5, 5.41) is 2.60. The Hall–Kier alpha value is -2.31. The first-order valence-electron chi connectivity index (χ1n) is 6.90. The Balaban J connectivity index is 1.91. The molecule has 0 bridgehead atoms. The summed E-state index contributed by atoms with van der Waals surface area (Å²) in [5.41, 5.74) is 2.57. The number of fused-ring (bicyclic) bond motifs is 1. The van der Waals surface area contributed by atoms with Gasteiger partial charge in [0.05, 0.1) is 5.39 Å². The first kappa shape index (κ1) is 14.3. The van der Waals surface area contributed by atoms with Crippen LogP contribution >= 0.6 is 27.3 Å². The van der Waals surface area contributed by atoms with E-state index in [1.54, 1.807) is 12.4 Å². The van der Waals surface area contributed by atoms with Crippen molar-refractivity contribution in [1.82, 2.24) is 15.0 Å². The standard InChI is InChI=1S/C17H10BrN3OS/c18-12-5-3-10(4-6-12)13-9-23-17-14(13)16(22)20-15(21-17)11-2-1-7-19-8-11/h1-9H,(H,20,21,22). The van der Waals surface area contributed by atoms with Crippen LogP contribution in [-0.2, 0) is 0 Å². The molecule has 0 radical (unpaired) electrons. The van der Waals surface area contributed by atoms with E-state index in [2.05, 4.69) is 30.9 Å². The van der Waals surface area contributed by atoms with Gasteiger partial charge in [-0.3, -0.25) is 9.78 Å². The maximum Gasteiger partial charge on any atom is 0.260 e. The molecule has 0 amide bonds. The second-order valence-corrected chi connectivity index (χ2v) is 6.77. The minimum Gasteiger partial charge on any atom is -0.306 e. The molecule has 0 aliphatic carbocycles. The highest BCUT2D eigenvalue weighted by molar-refractivity contribution is 9.10. The fourth-order valence-electron chi connectivity index (χ4n) is 2.43. The zero-order valence-electron chi connectivity index (χ0n) is 11.8. The highest BCUT2D eigenvalue weighted by atomic mass is 79.9. The topological polar surface area (TPSA) is 58.6 Å². The zero-order valence-corrected chi connectivity index (χ0v) is 14.2. The molecule has 112 valence electrons. The number of benzene rings is 1. The molecule has 0 spiro atoms. The lowest BCUT2D eigenvalue weighted by atomic mass is 10.1. The SMILES string of the molecule is O=c1[nH]c(-c2cccnc2)nc2scc(-c3ccc(Br)cc3)c12. The molecule has 0 saturated carbocycles. The molecule has 1 N–H and O–H groups in total. The monoisotopic (exact) mass is 383 g/mol. The molecule has 4 nitrogen and oxygen atoms in total. The average molecular weight is 384 g/mol. The summed E-state index contributed by atoms with van der Waals surface area (Å²) >= 11 is 4.90. The van der Waals surface area contributed by atoms with Crippen LogP contribution in [0, 0.1) is 0 Å². The number of hydrogen-bond donors (Lipinski definition) is 1. The van der Waals surface area contributed by atoms with E-state index in [9.17, 15) is 4.79 Å². The predicted molar refractivity (Wildman–Crippen MR) is 96.6 cm³/mol. The van der Waals surface area contributed by atoms with E-state index in [1.165, 1.54) is 11.3 Å². The van der Waals surface area contributed by atoms with E-state index >= 15 is 0 Å². The van der Waals surface area contributed by atoms with Crippen molar-refractivity contribution in [1.29, 1.82) is 0 Å². The van der Waals surface area contributed by atoms with E-state index < -0.39 is 0 Å². The molecule has 6 heteroatoms. The minimum atomic E-state index is -0.131. The minimum absolute atomic E-state index is 0.131. The van der Waals surface area contributed by atoms with Gasteiger partial charge >= 0.3 is 0 Å². The molecule has 0 aliphatic heterocycles. The molecule has 23 heavy (non-hydrogen) atoms. The van der Waals surface area contributed by atoms with Crippen molar-refractivity contribution in [2.45, 2.75) is 0 Å². The maximum absolute atomic E-state index is 12.6. The number of pyridine rings is 1. The first-order chi connectivity index (χ1) is 11.2. The van der Waals surface area contributed by atoms with Crippen LogP contribution in [0.15, 0.2) is 63.4 Å². The van der Waals surface area contributed by atoms with E-state index in [0.29, 0.717) is 11.2 Å². The van der Waals surface area contributed by atoms with Gasteiger partial charge in [-0.15, -0.1) is 11.3 Å². The van der Waals surface area contributed by atoms with Crippen molar-refractivity contribution in [3.63, 3.8) is 0 Å². The highest BCUT2D eigenvalue weighted by Crippen LogP contribution is 2.32. The van der Waals surface area contributed by atoms with Gasteiger partial charge in [0.1, 0.15) is 10.7 Å². The molecular weight excluding hydrogens is 374 g/mol. The zero-order chi connectivity index (χ0) is 15.8. The molecule has 3 heterocycles. The van der Waals surface area contributed by atoms with E-state index in [0.717, 1.165) is 26.0 Å². The Morgan fingerprint density at radius 1 is 1.09 bits per heavy atom. The Bertz CT molecular complexity index is 1040. The van der Waals surface area contributed by atoms with Crippen molar-refractivity contribution in [2.24, 2.45) is 0 Å². The molecule has 0 unspecified atom stereocenters. The summed E-state index contributed by atoms with van der Waals surface area (Å²) in [6.07, 6.45) is 3.38. The first-order valence-corrected chi connectivity index (χ1v) is 8.57. The molecule has 0 aliphatic rings. The lowest BCUT2D eigenvalue weighted by molar-refractivity contribution is 1.17. The summed E-state index contributed by atoms with van der Waals surface area (Å²) in [4.78, 5) is 24.8. The summed E-state index contributed by atoms with van der Waals surface area (Å²) in [7, 11) is 0. The molecule has 1 aromatic carbocycles. The van der Waals surface area contributed by atoms with Gasteiger partial charge in [0.2, 0.25) is 0 Å². The van der Waals surface area contributed by atoms with Crippen LogP contribution in [0.3, 0.4) is 0 Å². The van der Waals surface area contributed by atoms with Crippen molar-refractivity contribution >= 4 is 37.5 Å². The molecular formula is C17H10BrN3OS. The molecule has 4 aromatic rings. The molecule has 0 atom stereocenters. The molecule has 0 fully saturated rings. The number of hydrogen-bond acceptors (Lipinski definition) is 4. The Kier molecular flexibility index (Phi) is 3.55. The number of aromatic amines is 1. The number of H-pyrrole nitrogens is 1. The van der Waals surface area contributed by atoms with Crippen molar-refractivity contribution in [3.8, 4) is 22.5 Å². The fourth-order valence-corrected chi connectivity index (χ4v) is 3.64. The third-order valence-corrected chi connectivity index (χ3v) is 4.94. The van der Waals surface area contributed by atoms with Crippen LogP contribution < -0.4 is 5.56 Å². The van der Waals surface area contributed by atoms with Gasteiger partial charge in [-0.2, -0.15) is 0 Å². The predicted octanol–water partition coefficient (Wildman–Crippen LogP) is 4.48. The largest absolute Gasteiger partial charge is 0.306 e. The lowest BCUT2D eigenvalue weighted by Gasteiger charge is -2.02. The van der Waals surface area contributed by atoms with E-state index in [1.807, 2.05) is 41.8 Å². The number of nitrogens with zero attached hydrogens (tertiary/aromatic N) is 2. The Morgan fingerprint density at radius 2 is 1.91 bits per heavy atom. The number of halogens is 1. The van der Waals surface area contributed by atoms with Crippen LogP contribution in [0.4, 0.5) is 0 Å². The quantitative estimate of drug-likeness (QED) is 0.555. The van der Waals surface area contributed by atoms with E-state index in [4.69, 9.17) is 0 Å². The average Bonchev–Trinajstić information content (AvgIpc) is 3.01. The van der Waals surface area contributed by atoms with Gasteiger partial charge in [0.15, 0.2) is 0 Å². The summed E-state index contributed by atoms with van der Waals surface area (Å²) in [5.74, 6) is 0.541. The summed E-state index contributed by atoms with van der Waals surface area (Å²) in [6.45, 7) is 0. The van der Waals surface area contributed by atoms with Gasteiger partial charge < -0.3 is 4.98 Å². The van der Waals surface area contributed by atoms with Gasteiger partial charge in [-0.1, -0.05) is 28.1 Å². The van der Waals surface area contributed by atoms with Crippen molar-refractivity contribution in [2.75, 3.05) is 0 Å². The third-order valence-electron chi connectivity index (χ3n) is 3.53. The van der Waals surface area contributed by atoms with Gasteiger partial charge in [0, 0.05) is 33.4 Å². The van der Waals surface area contributed by atoms with Gasteiger partial charge in [-0.05, 0) is 29.8 Å². The van der Waals surface area contributed by atoms with Crippen molar-refractivity contribution < 1.29 is 0 Å². The molecule has 0 saturated heterocycles. The van der Waals surface area contributed by atoms with Crippen LogP contribution in [0.1, 0.15) is 0 Å². The maximum atomic E-state index is 12.6. The van der Waals surface area contributed by atoms with Crippen LogP contribution in [0.5, 0.6) is 0 Å². The van der Waals surface area contributed by atoms with Crippen LogP contribution in [0.25, 0.3) is 32.7 Å². The van der Waals surface area contributed by atoms with Crippen LogP contribution in [0.2, 0.25) is 0 Å². The smallest absolute Gasteiger partial charge is 0.260 e. The fraction of sp³-hybridized carbons (Fsp3) is 0. The highest BCUT2D eigenvalue weighted by Gasteiger charge is 2.13. The van der Waals surface area contributed by atoms with Crippen LogP contribution in [-0.4, -0.2) is 15.0 Å². The van der Waals surface area contributed by atoms with E-state index in [-0.39, 0.29) is 5.56 Å². The molecule has 3 aromatic heterocycles. The Morgan fingerprint density at radius 3 is 2.65 bits per heavy atom. The van der Waals surface area contributed by atoms with Crippen molar-refractivity contribution in [3.05, 3.63) is 69.0 Å². The third kappa shape index (κ3) is 2.60. The number of rotatable bonds is 2. The van der Waals surface area contributed by atoms with Gasteiger partial charge in [-0.25, -0.2) is 4.98 Å². The lowest BCUT2D eigenvalue weighted by Crippen LogP contribution is -2.09. The van der Waals surface area contributed by atoms with Gasteiger partial charge in [0.25, 0.3) is 5.56 Å². The molecule has 4 rings (SSSR count). The number of nitrogens with one attached hydrogen (secondary N) is 1. The summed E-state index contributed by atoms with van der Waals surface area (Å²) in [6, 6.07) is 11.6. The summed E-state index contributed by atoms with van der Waals surface area (Å²) < 4.78 is 1.01. The second-order valence-electron chi connectivity index (χ2n) is 4.99. The second kappa shape index (κ2) is 5.72. The Labute approximate surface area is 144 Å². The normalized spacial score (nSPS) is 11.0.